The summed E-state index contributed by atoms with van der Waals surface area (Å²) < 4.78 is 0. The van der Waals surface area contributed by atoms with Crippen molar-refractivity contribution in [3.05, 3.63) is 210 Å². The van der Waals surface area contributed by atoms with Crippen LogP contribution in [0.3, 0.4) is 0 Å². The Kier molecular flexibility index (Phi) is 6.73. The van der Waals surface area contributed by atoms with Crippen molar-refractivity contribution in [1.29, 1.82) is 0 Å². The maximum absolute atomic E-state index is 2.45. The Morgan fingerprint density at radius 1 is 0.365 bits per heavy atom. The second kappa shape index (κ2) is 11.4. The van der Waals surface area contributed by atoms with E-state index in [1.54, 1.807) is 0 Å². The van der Waals surface area contributed by atoms with E-state index in [-0.39, 0.29) is 10.8 Å². The quantitative estimate of drug-likeness (QED) is 0.177. The van der Waals surface area contributed by atoms with Crippen LogP contribution < -0.4 is 4.90 Å². The van der Waals surface area contributed by atoms with Crippen LogP contribution in [0.2, 0.25) is 0 Å². The summed E-state index contributed by atoms with van der Waals surface area (Å²) in [6.07, 6.45) is 0. The number of hydrogen-bond acceptors (Lipinski definition) is 1. The van der Waals surface area contributed by atoms with Crippen molar-refractivity contribution in [2.45, 2.75) is 31.6 Å². The molecule has 0 heterocycles. The third-order valence-corrected chi connectivity index (χ3v) is 11.9. The second-order valence-corrected chi connectivity index (χ2v) is 15.1. The van der Waals surface area contributed by atoms with Crippen molar-refractivity contribution in [2.75, 3.05) is 4.90 Å². The van der Waals surface area contributed by atoms with Gasteiger partial charge in [0.05, 0.1) is 0 Å². The van der Waals surface area contributed by atoms with Gasteiger partial charge in [0.25, 0.3) is 0 Å². The highest BCUT2D eigenvalue weighted by molar-refractivity contribution is 5.93. The highest BCUT2D eigenvalue weighted by Gasteiger charge is 2.41. The van der Waals surface area contributed by atoms with Crippen LogP contribution in [0.5, 0.6) is 0 Å². The zero-order valence-electron chi connectivity index (χ0n) is 29.8. The van der Waals surface area contributed by atoms with E-state index in [1.165, 1.54) is 72.0 Å². The average molecular weight is 666 g/mol. The molecule has 2 aliphatic rings. The van der Waals surface area contributed by atoms with Gasteiger partial charge in [-0.3, -0.25) is 0 Å². The lowest BCUT2D eigenvalue weighted by Crippen LogP contribution is -2.22. The molecule has 248 valence electrons. The van der Waals surface area contributed by atoms with Gasteiger partial charge in [0, 0.05) is 27.9 Å². The standard InChI is InChI=1S/C51H39N/c1-50(2)46-25-11-9-22-43(46)45-24-14-23-41(49(45)50)36-17-13-20-38(32-36)52(39-28-27-34-15-7-8-16-35(34)31-39)40-29-30-44-42-21-10-12-26-47(42)51(3,48(44)33-40)37-18-5-4-6-19-37/h4-33H,1-3H3. The Hall–Kier alpha value is -6.18. The SMILES string of the molecule is CC1(C)c2ccccc2-c2cccc(-c3cccc(N(c4ccc5c(c4)C(C)(c4ccccc4)c4ccccc4-5)c4ccc5ccccc5c4)c3)c21. The molecule has 2 aliphatic carbocycles. The number of hydrogen-bond donors (Lipinski definition) is 0. The van der Waals surface area contributed by atoms with E-state index in [4.69, 9.17) is 0 Å². The van der Waals surface area contributed by atoms with Gasteiger partial charge in [-0.05, 0) is 115 Å². The minimum absolute atomic E-state index is 0.104. The normalized spacial score (nSPS) is 16.2. The van der Waals surface area contributed by atoms with E-state index < -0.39 is 0 Å². The van der Waals surface area contributed by atoms with Gasteiger partial charge >= 0.3 is 0 Å². The monoisotopic (exact) mass is 665 g/mol. The van der Waals surface area contributed by atoms with Crippen molar-refractivity contribution in [1.82, 2.24) is 0 Å². The molecule has 0 amide bonds. The van der Waals surface area contributed by atoms with E-state index >= 15 is 0 Å². The molecule has 0 fully saturated rings. The Morgan fingerprint density at radius 2 is 0.942 bits per heavy atom. The fourth-order valence-corrected chi connectivity index (χ4v) is 9.37. The molecule has 0 aliphatic heterocycles. The Bertz CT molecular complexity index is 2680. The zero-order chi connectivity index (χ0) is 35.0. The van der Waals surface area contributed by atoms with Crippen LogP contribution in [0.25, 0.3) is 44.2 Å². The molecule has 1 nitrogen and oxygen atoms in total. The maximum atomic E-state index is 2.45. The predicted molar refractivity (Wildman–Crippen MR) is 219 cm³/mol. The fourth-order valence-electron chi connectivity index (χ4n) is 9.37. The minimum atomic E-state index is -0.286. The average Bonchev–Trinajstić information content (AvgIpc) is 3.60. The molecule has 10 rings (SSSR count). The van der Waals surface area contributed by atoms with Gasteiger partial charge in [-0.2, -0.15) is 0 Å². The van der Waals surface area contributed by atoms with Crippen LogP contribution in [0.1, 0.15) is 48.6 Å². The van der Waals surface area contributed by atoms with Crippen molar-refractivity contribution >= 4 is 27.8 Å². The summed E-state index contributed by atoms with van der Waals surface area (Å²) >= 11 is 0. The summed E-state index contributed by atoms with van der Waals surface area (Å²) in [5, 5.41) is 2.46. The number of nitrogens with zero attached hydrogens (tertiary/aromatic N) is 1. The molecule has 0 spiro atoms. The minimum Gasteiger partial charge on any atom is -0.310 e. The number of anilines is 3. The zero-order valence-corrected chi connectivity index (χ0v) is 29.8. The van der Waals surface area contributed by atoms with Crippen molar-refractivity contribution < 1.29 is 0 Å². The lowest BCUT2D eigenvalue weighted by atomic mass is 9.74. The largest absolute Gasteiger partial charge is 0.310 e. The van der Waals surface area contributed by atoms with Gasteiger partial charge in [0.1, 0.15) is 0 Å². The van der Waals surface area contributed by atoms with E-state index in [9.17, 15) is 0 Å². The Labute approximate surface area is 306 Å². The third-order valence-electron chi connectivity index (χ3n) is 11.9. The molecule has 8 aromatic carbocycles. The van der Waals surface area contributed by atoms with Gasteiger partial charge < -0.3 is 4.90 Å². The fraction of sp³-hybridized carbons (Fsp3) is 0.0980. The number of rotatable bonds is 5. The van der Waals surface area contributed by atoms with Crippen molar-refractivity contribution in [2.24, 2.45) is 0 Å². The summed E-state index contributed by atoms with van der Waals surface area (Å²) in [5.41, 5.74) is 17.6. The topological polar surface area (TPSA) is 3.24 Å². The number of fused-ring (bicyclic) bond motifs is 7. The maximum Gasteiger partial charge on any atom is 0.0468 e. The molecule has 1 atom stereocenters. The molecule has 0 N–H and O–H groups in total. The van der Waals surface area contributed by atoms with Crippen LogP contribution in [-0.2, 0) is 10.8 Å². The summed E-state index contributed by atoms with van der Waals surface area (Å²) in [6, 6.07) is 67.5. The summed E-state index contributed by atoms with van der Waals surface area (Å²) in [5.74, 6) is 0. The summed E-state index contributed by atoms with van der Waals surface area (Å²) in [6.45, 7) is 7.14. The lowest BCUT2D eigenvalue weighted by molar-refractivity contribution is 0.662. The van der Waals surface area contributed by atoms with Crippen molar-refractivity contribution in [3.8, 4) is 33.4 Å². The first-order valence-corrected chi connectivity index (χ1v) is 18.4. The second-order valence-electron chi connectivity index (χ2n) is 15.1. The van der Waals surface area contributed by atoms with Gasteiger partial charge in [0.2, 0.25) is 0 Å². The first kappa shape index (κ1) is 30.6. The van der Waals surface area contributed by atoms with Crippen molar-refractivity contribution in [3.63, 3.8) is 0 Å². The van der Waals surface area contributed by atoms with E-state index in [2.05, 4.69) is 208 Å². The number of benzene rings is 8. The van der Waals surface area contributed by atoms with Gasteiger partial charge in [-0.1, -0.05) is 159 Å². The van der Waals surface area contributed by atoms with E-state index in [0.717, 1.165) is 17.1 Å². The summed E-state index contributed by atoms with van der Waals surface area (Å²) in [7, 11) is 0. The molecular weight excluding hydrogens is 627 g/mol. The van der Waals surface area contributed by atoms with Gasteiger partial charge in [-0.25, -0.2) is 0 Å². The molecule has 8 aromatic rings. The molecule has 0 aromatic heterocycles. The highest BCUT2D eigenvalue weighted by atomic mass is 15.1. The lowest BCUT2D eigenvalue weighted by Gasteiger charge is -2.31. The van der Waals surface area contributed by atoms with E-state index in [0.29, 0.717) is 0 Å². The third kappa shape index (κ3) is 4.42. The molecule has 0 radical (unpaired) electrons. The van der Waals surface area contributed by atoms with Gasteiger partial charge in [-0.15, -0.1) is 0 Å². The molecule has 0 bridgehead atoms. The molecule has 1 heteroatoms. The molecular formula is C51H39N. The van der Waals surface area contributed by atoms with Gasteiger partial charge in [0.15, 0.2) is 0 Å². The smallest absolute Gasteiger partial charge is 0.0468 e. The summed E-state index contributed by atoms with van der Waals surface area (Å²) in [4.78, 5) is 2.45. The van der Waals surface area contributed by atoms with Crippen LogP contribution in [0, 0.1) is 0 Å². The molecule has 52 heavy (non-hydrogen) atoms. The van der Waals surface area contributed by atoms with Crippen LogP contribution in [0.4, 0.5) is 17.1 Å². The Balaban J connectivity index is 1.18. The first-order valence-electron chi connectivity index (χ1n) is 18.4. The van der Waals surface area contributed by atoms with E-state index in [1.807, 2.05) is 0 Å². The molecule has 1 unspecified atom stereocenters. The first-order chi connectivity index (χ1) is 25.4. The Morgan fingerprint density at radius 3 is 1.77 bits per heavy atom. The predicted octanol–water partition coefficient (Wildman–Crippen LogP) is 13.6. The van der Waals surface area contributed by atoms with Crippen LogP contribution >= 0.6 is 0 Å². The molecule has 0 saturated heterocycles. The highest BCUT2D eigenvalue weighted by Crippen LogP contribution is 2.55. The van der Waals surface area contributed by atoms with Crippen LogP contribution in [-0.4, -0.2) is 0 Å². The van der Waals surface area contributed by atoms with Crippen LogP contribution in [0.15, 0.2) is 182 Å². The molecule has 0 saturated carbocycles.